The van der Waals surface area contributed by atoms with Crippen LogP contribution in [0.5, 0.6) is 0 Å². The van der Waals surface area contributed by atoms with Crippen molar-refractivity contribution in [3.05, 3.63) is 22.6 Å². The molecule has 0 amide bonds. The van der Waals surface area contributed by atoms with Crippen LogP contribution in [0.1, 0.15) is 52.9 Å². The molecule has 1 saturated carbocycles. The molecule has 0 aliphatic heterocycles. The number of nitrogens with zero attached hydrogens (tertiary/aromatic N) is 2. The van der Waals surface area contributed by atoms with Gasteiger partial charge in [0, 0.05) is 18.3 Å². The van der Waals surface area contributed by atoms with E-state index in [0.717, 1.165) is 10.7 Å². The standard InChI is InChI=1S/C8H12N2O3.C8H17N/c1-8(2,3)13-7(12)10-5-4-6(11)9-10;1-9(2)8-6-4-3-5-7-8/h4-5H,1-3H3,(H,9,11);8H,3-7H2,1-2H3. The number of H-pyrrole nitrogens is 1. The highest BCUT2D eigenvalue weighted by atomic mass is 16.6. The number of hydrogen-bond donors (Lipinski definition) is 1. The maximum atomic E-state index is 11.2. The van der Waals surface area contributed by atoms with Crippen LogP contribution in [0.2, 0.25) is 0 Å². The van der Waals surface area contributed by atoms with E-state index in [-0.39, 0.29) is 5.56 Å². The van der Waals surface area contributed by atoms with Crippen LogP contribution in [0.4, 0.5) is 4.79 Å². The Balaban J connectivity index is 0.000000235. The molecule has 1 heterocycles. The molecule has 1 aromatic rings. The van der Waals surface area contributed by atoms with Gasteiger partial charge in [-0.3, -0.25) is 9.89 Å². The van der Waals surface area contributed by atoms with Crippen molar-refractivity contribution in [3.8, 4) is 0 Å². The Labute approximate surface area is 132 Å². The topological polar surface area (TPSA) is 67.3 Å². The van der Waals surface area contributed by atoms with Gasteiger partial charge in [0.05, 0.1) is 0 Å². The van der Waals surface area contributed by atoms with Crippen LogP contribution in [0.3, 0.4) is 0 Å². The SMILES string of the molecule is CC(C)(C)OC(=O)n1ccc(=O)[nH]1.CN(C)C1CCCCC1. The minimum atomic E-state index is -0.588. The molecular weight excluding hydrogens is 282 g/mol. The highest BCUT2D eigenvalue weighted by Crippen LogP contribution is 2.20. The molecule has 1 aliphatic rings. The summed E-state index contributed by atoms with van der Waals surface area (Å²) < 4.78 is 6.00. The molecule has 0 radical (unpaired) electrons. The fraction of sp³-hybridized carbons (Fsp3) is 0.750. The third-order valence-electron chi connectivity index (χ3n) is 3.50. The van der Waals surface area contributed by atoms with Crippen molar-refractivity contribution in [1.82, 2.24) is 14.7 Å². The first-order chi connectivity index (χ1) is 10.2. The molecule has 0 saturated heterocycles. The third kappa shape index (κ3) is 6.93. The normalized spacial score (nSPS) is 16.1. The van der Waals surface area contributed by atoms with E-state index in [1.54, 1.807) is 20.8 Å². The molecule has 0 spiro atoms. The van der Waals surface area contributed by atoms with Gasteiger partial charge in [-0.05, 0) is 47.7 Å². The van der Waals surface area contributed by atoms with Crippen molar-refractivity contribution in [2.45, 2.75) is 64.5 Å². The monoisotopic (exact) mass is 311 g/mol. The molecule has 1 aromatic heterocycles. The minimum Gasteiger partial charge on any atom is -0.442 e. The van der Waals surface area contributed by atoms with Crippen LogP contribution < -0.4 is 5.56 Å². The number of aromatic amines is 1. The quantitative estimate of drug-likeness (QED) is 0.866. The Kier molecular flexibility index (Phi) is 6.87. The molecule has 1 N–H and O–H groups in total. The molecule has 1 fully saturated rings. The third-order valence-corrected chi connectivity index (χ3v) is 3.50. The first-order valence-corrected chi connectivity index (χ1v) is 7.86. The summed E-state index contributed by atoms with van der Waals surface area (Å²) in [4.78, 5) is 24.3. The molecule has 6 nitrogen and oxygen atoms in total. The fourth-order valence-corrected chi connectivity index (χ4v) is 2.35. The molecule has 0 aromatic carbocycles. The van der Waals surface area contributed by atoms with Crippen molar-refractivity contribution in [3.63, 3.8) is 0 Å². The van der Waals surface area contributed by atoms with Gasteiger partial charge >= 0.3 is 6.09 Å². The second-order valence-electron chi connectivity index (χ2n) is 6.90. The number of hydrogen-bond acceptors (Lipinski definition) is 4. The fourth-order valence-electron chi connectivity index (χ4n) is 2.35. The molecule has 2 rings (SSSR count). The first-order valence-electron chi connectivity index (χ1n) is 7.86. The van der Waals surface area contributed by atoms with Gasteiger partial charge in [-0.2, -0.15) is 4.68 Å². The van der Waals surface area contributed by atoms with E-state index in [2.05, 4.69) is 24.1 Å². The van der Waals surface area contributed by atoms with Crippen LogP contribution in [0.15, 0.2) is 17.1 Å². The molecule has 6 heteroatoms. The average Bonchev–Trinajstić information content (AvgIpc) is 2.85. The number of nitrogens with one attached hydrogen (secondary N) is 1. The lowest BCUT2D eigenvalue weighted by molar-refractivity contribution is 0.0514. The highest BCUT2D eigenvalue weighted by Gasteiger charge is 2.17. The Hall–Kier alpha value is -1.56. The summed E-state index contributed by atoms with van der Waals surface area (Å²) in [5.41, 5.74) is -0.885. The van der Waals surface area contributed by atoms with E-state index >= 15 is 0 Å². The van der Waals surface area contributed by atoms with E-state index < -0.39 is 11.7 Å². The average molecular weight is 311 g/mol. The Bertz CT molecular complexity index is 505. The number of carbonyl (C=O) groups excluding carboxylic acids is 1. The lowest BCUT2D eigenvalue weighted by Crippen LogP contribution is -2.29. The molecule has 0 atom stereocenters. The van der Waals surface area contributed by atoms with Crippen molar-refractivity contribution < 1.29 is 9.53 Å². The summed E-state index contributed by atoms with van der Waals surface area (Å²) in [6.45, 7) is 5.27. The summed E-state index contributed by atoms with van der Waals surface area (Å²) in [5.74, 6) is 0. The number of aromatic nitrogens is 2. The predicted octanol–water partition coefficient (Wildman–Crippen LogP) is 2.84. The zero-order valence-electron chi connectivity index (χ0n) is 14.4. The van der Waals surface area contributed by atoms with E-state index in [4.69, 9.17) is 4.74 Å². The van der Waals surface area contributed by atoms with E-state index in [0.29, 0.717) is 0 Å². The summed E-state index contributed by atoms with van der Waals surface area (Å²) in [7, 11) is 4.38. The van der Waals surface area contributed by atoms with Gasteiger partial charge in [0.2, 0.25) is 0 Å². The highest BCUT2D eigenvalue weighted by molar-refractivity contribution is 5.69. The molecule has 22 heavy (non-hydrogen) atoms. The van der Waals surface area contributed by atoms with Crippen LogP contribution in [-0.4, -0.2) is 46.5 Å². The van der Waals surface area contributed by atoms with Crippen LogP contribution in [-0.2, 0) is 4.74 Å². The number of carbonyl (C=O) groups is 1. The summed E-state index contributed by atoms with van der Waals surface area (Å²) in [6, 6.07) is 2.14. The van der Waals surface area contributed by atoms with Gasteiger partial charge in [0.25, 0.3) is 5.56 Å². The van der Waals surface area contributed by atoms with E-state index in [1.807, 2.05) is 0 Å². The first kappa shape index (κ1) is 18.5. The Morgan fingerprint density at radius 2 is 1.86 bits per heavy atom. The number of rotatable bonds is 1. The summed E-state index contributed by atoms with van der Waals surface area (Å²) >= 11 is 0. The van der Waals surface area contributed by atoms with E-state index in [1.165, 1.54) is 44.4 Å². The molecule has 1 aliphatic carbocycles. The lowest BCUT2D eigenvalue weighted by atomic mass is 9.95. The zero-order chi connectivity index (χ0) is 16.8. The second kappa shape index (κ2) is 8.17. The lowest BCUT2D eigenvalue weighted by Gasteiger charge is -2.27. The van der Waals surface area contributed by atoms with Crippen molar-refractivity contribution in [2.75, 3.05) is 14.1 Å². The van der Waals surface area contributed by atoms with Gasteiger partial charge in [-0.25, -0.2) is 4.79 Å². The largest absolute Gasteiger partial charge is 0.442 e. The Morgan fingerprint density at radius 1 is 1.27 bits per heavy atom. The second-order valence-corrected chi connectivity index (χ2v) is 6.90. The summed E-state index contributed by atoms with van der Waals surface area (Å²) in [5, 5.41) is 2.28. The Morgan fingerprint density at radius 3 is 2.23 bits per heavy atom. The zero-order valence-corrected chi connectivity index (χ0v) is 14.4. The molecule has 126 valence electrons. The minimum absolute atomic E-state index is 0.328. The van der Waals surface area contributed by atoms with Crippen LogP contribution in [0.25, 0.3) is 0 Å². The molecule has 0 unspecified atom stereocenters. The van der Waals surface area contributed by atoms with E-state index in [9.17, 15) is 9.59 Å². The van der Waals surface area contributed by atoms with Gasteiger partial charge in [0.1, 0.15) is 5.60 Å². The molecular formula is C16H29N3O3. The van der Waals surface area contributed by atoms with Crippen molar-refractivity contribution in [1.29, 1.82) is 0 Å². The van der Waals surface area contributed by atoms with Crippen molar-refractivity contribution >= 4 is 6.09 Å². The summed E-state index contributed by atoms with van der Waals surface area (Å²) in [6.07, 6.45) is 7.95. The predicted molar refractivity (Wildman–Crippen MR) is 87.2 cm³/mol. The maximum absolute atomic E-state index is 11.2. The number of ether oxygens (including phenoxy) is 1. The smallest absolute Gasteiger partial charge is 0.433 e. The van der Waals surface area contributed by atoms with Crippen LogP contribution >= 0.6 is 0 Å². The van der Waals surface area contributed by atoms with Crippen LogP contribution in [0, 0.1) is 0 Å². The van der Waals surface area contributed by atoms with Crippen molar-refractivity contribution in [2.24, 2.45) is 0 Å². The van der Waals surface area contributed by atoms with Gasteiger partial charge in [-0.1, -0.05) is 19.3 Å². The maximum Gasteiger partial charge on any atom is 0.433 e. The van der Waals surface area contributed by atoms with Gasteiger partial charge < -0.3 is 9.64 Å². The van der Waals surface area contributed by atoms with Gasteiger partial charge in [-0.15, -0.1) is 0 Å². The van der Waals surface area contributed by atoms with Gasteiger partial charge in [0.15, 0.2) is 0 Å². The molecule has 0 bridgehead atoms.